The van der Waals surface area contributed by atoms with Gasteiger partial charge in [-0.2, -0.15) is 0 Å². The standard InChI is InChI=1S/C15H19NO4/c1-10(2)13(15(19)20)16-14(18)12(17)9-8-11-6-4-3-5-7-11/h3-7,10,13H,8-9H2,1-2H3,(H,16,18)(H,19,20). The fourth-order valence-electron chi connectivity index (χ4n) is 1.75. The highest BCUT2D eigenvalue weighted by molar-refractivity contribution is 6.36. The Morgan fingerprint density at radius 3 is 2.25 bits per heavy atom. The van der Waals surface area contributed by atoms with Crippen LogP contribution in [-0.4, -0.2) is 28.8 Å². The van der Waals surface area contributed by atoms with Crippen LogP contribution < -0.4 is 5.32 Å². The molecule has 20 heavy (non-hydrogen) atoms. The quantitative estimate of drug-likeness (QED) is 0.738. The SMILES string of the molecule is CC(C)C(NC(=O)C(=O)CCc1ccccc1)C(=O)O. The van der Waals surface area contributed by atoms with Crippen molar-refractivity contribution >= 4 is 17.7 Å². The number of carboxylic acids is 1. The minimum Gasteiger partial charge on any atom is -0.480 e. The summed E-state index contributed by atoms with van der Waals surface area (Å²) in [6.45, 7) is 3.35. The number of ketones is 1. The molecule has 1 aromatic carbocycles. The summed E-state index contributed by atoms with van der Waals surface area (Å²) in [7, 11) is 0. The molecule has 0 aromatic heterocycles. The highest BCUT2D eigenvalue weighted by Gasteiger charge is 2.26. The minimum atomic E-state index is -1.13. The molecule has 5 heteroatoms. The number of nitrogens with one attached hydrogen (secondary N) is 1. The fourth-order valence-corrected chi connectivity index (χ4v) is 1.75. The van der Waals surface area contributed by atoms with Gasteiger partial charge in [-0.1, -0.05) is 44.2 Å². The van der Waals surface area contributed by atoms with Gasteiger partial charge in [-0.05, 0) is 17.9 Å². The number of carbonyl (C=O) groups excluding carboxylic acids is 2. The topological polar surface area (TPSA) is 83.5 Å². The average Bonchev–Trinajstić information content (AvgIpc) is 2.42. The lowest BCUT2D eigenvalue weighted by atomic mass is 10.0. The Hall–Kier alpha value is -2.17. The minimum absolute atomic E-state index is 0.0697. The van der Waals surface area contributed by atoms with Gasteiger partial charge in [0, 0.05) is 6.42 Å². The number of benzene rings is 1. The number of rotatable bonds is 7. The van der Waals surface area contributed by atoms with Crippen molar-refractivity contribution in [3.8, 4) is 0 Å². The van der Waals surface area contributed by atoms with Crippen molar-refractivity contribution in [1.29, 1.82) is 0 Å². The van der Waals surface area contributed by atoms with Crippen molar-refractivity contribution in [1.82, 2.24) is 5.32 Å². The molecule has 108 valence electrons. The van der Waals surface area contributed by atoms with E-state index in [2.05, 4.69) is 5.32 Å². The van der Waals surface area contributed by atoms with Gasteiger partial charge < -0.3 is 10.4 Å². The van der Waals surface area contributed by atoms with Crippen LogP contribution in [0, 0.1) is 5.92 Å². The normalized spacial score (nSPS) is 11.9. The number of carboxylic acid groups (broad SMARTS) is 1. The summed E-state index contributed by atoms with van der Waals surface area (Å²) >= 11 is 0. The number of amides is 1. The van der Waals surface area contributed by atoms with E-state index in [1.165, 1.54) is 0 Å². The van der Waals surface area contributed by atoms with Crippen LogP contribution in [0.1, 0.15) is 25.8 Å². The van der Waals surface area contributed by atoms with Crippen LogP contribution in [-0.2, 0) is 20.8 Å². The van der Waals surface area contributed by atoms with E-state index in [1.807, 2.05) is 30.3 Å². The highest BCUT2D eigenvalue weighted by atomic mass is 16.4. The first-order chi connectivity index (χ1) is 9.41. The first-order valence-electron chi connectivity index (χ1n) is 6.52. The molecule has 0 radical (unpaired) electrons. The number of carbonyl (C=O) groups is 3. The van der Waals surface area contributed by atoms with Gasteiger partial charge in [0.1, 0.15) is 6.04 Å². The summed E-state index contributed by atoms with van der Waals surface area (Å²) in [6, 6.07) is 8.30. The molecule has 1 unspecified atom stereocenters. The summed E-state index contributed by atoms with van der Waals surface area (Å²) in [5.74, 6) is -2.84. The zero-order valence-electron chi connectivity index (χ0n) is 11.6. The maximum Gasteiger partial charge on any atom is 0.326 e. The summed E-state index contributed by atoms with van der Waals surface area (Å²) in [4.78, 5) is 34.3. The molecule has 2 N–H and O–H groups in total. The van der Waals surface area contributed by atoms with Crippen LogP contribution in [0.5, 0.6) is 0 Å². The van der Waals surface area contributed by atoms with Crippen molar-refractivity contribution in [2.75, 3.05) is 0 Å². The second kappa shape index (κ2) is 7.43. The summed E-state index contributed by atoms with van der Waals surface area (Å²) in [5, 5.41) is 11.2. The Labute approximate surface area is 118 Å². The van der Waals surface area contributed by atoms with Gasteiger partial charge in [-0.15, -0.1) is 0 Å². The second-order valence-electron chi connectivity index (χ2n) is 4.94. The molecule has 0 saturated heterocycles. The Kier molecular flexibility index (Phi) is 5.90. The molecule has 0 fully saturated rings. The summed E-state index contributed by atoms with van der Waals surface area (Å²) in [6.07, 6.45) is 0.535. The lowest BCUT2D eigenvalue weighted by Gasteiger charge is -2.17. The van der Waals surface area contributed by atoms with E-state index in [4.69, 9.17) is 5.11 Å². The fraction of sp³-hybridized carbons (Fsp3) is 0.400. The van der Waals surface area contributed by atoms with Gasteiger partial charge in [0.15, 0.2) is 0 Å². The largest absolute Gasteiger partial charge is 0.480 e. The van der Waals surface area contributed by atoms with Crippen LogP contribution in [0.2, 0.25) is 0 Å². The van der Waals surface area contributed by atoms with E-state index in [9.17, 15) is 14.4 Å². The van der Waals surface area contributed by atoms with Crippen LogP contribution in [0.4, 0.5) is 0 Å². The molecule has 5 nitrogen and oxygen atoms in total. The van der Waals surface area contributed by atoms with E-state index in [1.54, 1.807) is 13.8 Å². The monoisotopic (exact) mass is 277 g/mol. The zero-order chi connectivity index (χ0) is 15.1. The molecule has 1 atom stereocenters. The lowest BCUT2D eigenvalue weighted by Crippen LogP contribution is -2.46. The molecule has 1 rings (SSSR count). The molecule has 0 aliphatic rings. The van der Waals surface area contributed by atoms with Crippen molar-refractivity contribution < 1.29 is 19.5 Å². The molecule has 0 bridgehead atoms. The second-order valence-corrected chi connectivity index (χ2v) is 4.94. The molecule has 1 aromatic rings. The van der Waals surface area contributed by atoms with Crippen molar-refractivity contribution in [2.45, 2.75) is 32.7 Å². The zero-order valence-corrected chi connectivity index (χ0v) is 11.6. The number of hydrogen-bond acceptors (Lipinski definition) is 3. The molecule has 0 aliphatic heterocycles. The molecule has 0 heterocycles. The van der Waals surface area contributed by atoms with Crippen LogP contribution in [0.3, 0.4) is 0 Å². The number of hydrogen-bond donors (Lipinski definition) is 2. The number of aryl methyl sites for hydroxylation is 1. The van der Waals surface area contributed by atoms with Gasteiger partial charge >= 0.3 is 5.97 Å². The molecular weight excluding hydrogens is 258 g/mol. The van der Waals surface area contributed by atoms with E-state index < -0.39 is 23.7 Å². The van der Waals surface area contributed by atoms with Crippen molar-refractivity contribution in [3.63, 3.8) is 0 Å². The first kappa shape index (κ1) is 15.9. The van der Waals surface area contributed by atoms with E-state index in [0.29, 0.717) is 6.42 Å². The van der Waals surface area contributed by atoms with Crippen LogP contribution >= 0.6 is 0 Å². The maximum absolute atomic E-state index is 11.7. The third-order valence-electron chi connectivity index (χ3n) is 2.96. The Morgan fingerprint density at radius 2 is 1.75 bits per heavy atom. The molecule has 0 spiro atoms. The van der Waals surface area contributed by atoms with Crippen molar-refractivity contribution in [3.05, 3.63) is 35.9 Å². The van der Waals surface area contributed by atoms with Gasteiger partial charge in [-0.3, -0.25) is 9.59 Å². The smallest absolute Gasteiger partial charge is 0.326 e. The predicted octanol–water partition coefficient (Wildman–Crippen LogP) is 1.41. The number of aliphatic carboxylic acids is 1. The molecule has 1 amide bonds. The number of Topliss-reactive ketones (excluding diaryl/α,β-unsaturated/α-hetero) is 1. The van der Waals surface area contributed by atoms with Gasteiger partial charge in [0.25, 0.3) is 5.91 Å². The van der Waals surface area contributed by atoms with Gasteiger partial charge in [-0.25, -0.2) is 4.79 Å². The van der Waals surface area contributed by atoms with E-state index >= 15 is 0 Å². The van der Waals surface area contributed by atoms with E-state index in [-0.39, 0.29) is 12.3 Å². The molecular formula is C15H19NO4. The Balaban J connectivity index is 2.51. The maximum atomic E-state index is 11.7. The summed E-state index contributed by atoms with van der Waals surface area (Å²) in [5.41, 5.74) is 0.965. The molecule has 0 aliphatic carbocycles. The highest BCUT2D eigenvalue weighted by Crippen LogP contribution is 2.05. The average molecular weight is 277 g/mol. The first-order valence-corrected chi connectivity index (χ1v) is 6.52. The summed E-state index contributed by atoms with van der Waals surface area (Å²) < 4.78 is 0. The van der Waals surface area contributed by atoms with E-state index in [0.717, 1.165) is 5.56 Å². The van der Waals surface area contributed by atoms with Gasteiger partial charge in [0.2, 0.25) is 5.78 Å². The Bertz CT molecular complexity index is 482. The predicted molar refractivity (Wildman–Crippen MR) is 74.2 cm³/mol. The molecule has 0 saturated carbocycles. The lowest BCUT2D eigenvalue weighted by molar-refractivity contribution is -0.145. The third kappa shape index (κ3) is 4.84. The van der Waals surface area contributed by atoms with Crippen LogP contribution in [0.25, 0.3) is 0 Å². The van der Waals surface area contributed by atoms with Crippen LogP contribution in [0.15, 0.2) is 30.3 Å². The van der Waals surface area contributed by atoms with Crippen molar-refractivity contribution in [2.24, 2.45) is 5.92 Å². The third-order valence-corrected chi connectivity index (χ3v) is 2.96. The van der Waals surface area contributed by atoms with Gasteiger partial charge in [0.05, 0.1) is 0 Å². The Morgan fingerprint density at radius 1 is 1.15 bits per heavy atom.